The number of rotatable bonds is 4. The van der Waals surface area contributed by atoms with E-state index in [4.69, 9.17) is 4.74 Å². The molecule has 1 unspecified atom stereocenters. The van der Waals surface area contributed by atoms with Crippen molar-refractivity contribution in [3.63, 3.8) is 0 Å². The lowest BCUT2D eigenvalue weighted by atomic mass is 10.1. The molecule has 2 aromatic rings. The molecule has 1 saturated heterocycles. The fraction of sp³-hybridized carbons (Fsp3) is 0.400. The normalized spacial score (nSPS) is 18.8. The molecule has 0 spiro atoms. The lowest BCUT2D eigenvalue weighted by Gasteiger charge is -2.10. The van der Waals surface area contributed by atoms with E-state index < -0.39 is 0 Å². The van der Waals surface area contributed by atoms with E-state index in [2.05, 4.69) is 10.3 Å². The largest absolute Gasteiger partial charge is 0.385 e. The summed E-state index contributed by atoms with van der Waals surface area (Å²) in [5.74, 6) is 0.677. The summed E-state index contributed by atoms with van der Waals surface area (Å²) in [6.07, 6.45) is 3.96. The molecule has 1 aromatic carbocycles. The van der Waals surface area contributed by atoms with Gasteiger partial charge in [-0.05, 0) is 42.3 Å². The molecule has 0 radical (unpaired) electrons. The number of H-pyrrole nitrogens is 1. The molecule has 0 aliphatic carbocycles. The highest BCUT2D eigenvalue weighted by Gasteiger charge is 2.14. The van der Waals surface area contributed by atoms with Crippen LogP contribution in [0, 0.1) is 5.92 Å². The molecule has 1 aliphatic rings. The average Bonchev–Trinajstić information content (AvgIpc) is 2.93. The van der Waals surface area contributed by atoms with E-state index in [1.165, 1.54) is 6.42 Å². The number of nitrogens with one attached hydrogen (secondary N) is 2. The third-order valence-corrected chi connectivity index (χ3v) is 3.68. The summed E-state index contributed by atoms with van der Waals surface area (Å²) in [6, 6.07) is 7.83. The van der Waals surface area contributed by atoms with E-state index >= 15 is 0 Å². The number of aromatic nitrogens is 1. The van der Waals surface area contributed by atoms with Crippen LogP contribution in [0.1, 0.15) is 12.8 Å². The van der Waals surface area contributed by atoms with Crippen LogP contribution in [0.5, 0.6) is 0 Å². The predicted octanol–water partition coefficient (Wildman–Crippen LogP) is 2.37. The minimum absolute atomic E-state index is 0.0367. The van der Waals surface area contributed by atoms with E-state index in [1.54, 1.807) is 6.20 Å². The van der Waals surface area contributed by atoms with Crippen LogP contribution in [0.4, 0.5) is 5.69 Å². The molecule has 1 aromatic heterocycles. The lowest BCUT2D eigenvalue weighted by molar-refractivity contribution is 0.185. The molecule has 1 fully saturated rings. The zero-order valence-corrected chi connectivity index (χ0v) is 10.8. The Bertz CT molecular complexity index is 615. The highest BCUT2D eigenvalue weighted by atomic mass is 16.5. The maximum atomic E-state index is 11.7. The van der Waals surface area contributed by atoms with Crippen LogP contribution in [0.3, 0.4) is 0 Å². The van der Waals surface area contributed by atoms with Crippen molar-refractivity contribution in [1.29, 1.82) is 0 Å². The summed E-state index contributed by atoms with van der Waals surface area (Å²) >= 11 is 0. The van der Waals surface area contributed by atoms with Crippen molar-refractivity contribution in [2.75, 3.05) is 25.1 Å². The number of hydrogen-bond donors (Lipinski definition) is 2. The third-order valence-electron chi connectivity index (χ3n) is 3.68. The van der Waals surface area contributed by atoms with Crippen molar-refractivity contribution in [2.45, 2.75) is 12.8 Å². The molecule has 2 heterocycles. The molecule has 19 heavy (non-hydrogen) atoms. The fourth-order valence-corrected chi connectivity index (χ4v) is 2.52. The van der Waals surface area contributed by atoms with Gasteiger partial charge in [0.05, 0.1) is 0 Å². The van der Waals surface area contributed by atoms with Crippen LogP contribution in [0.15, 0.2) is 35.3 Å². The van der Waals surface area contributed by atoms with Gasteiger partial charge in [-0.1, -0.05) is 6.07 Å². The van der Waals surface area contributed by atoms with Gasteiger partial charge in [-0.25, -0.2) is 0 Å². The highest BCUT2D eigenvalue weighted by molar-refractivity contribution is 5.84. The molecular weight excluding hydrogens is 240 g/mol. The number of ether oxygens (including phenoxy) is 1. The minimum Gasteiger partial charge on any atom is -0.385 e. The summed E-state index contributed by atoms with van der Waals surface area (Å²) in [4.78, 5) is 14.4. The molecule has 3 rings (SSSR count). The lowest BCUT2D eigenvalue weighted by Crippen LogP contribution is -2.10. The summed E-state index contributed by atoms with van der Waals surface area (Å²) in [7, 11) is 0. The van der Waals surface area contributed by atoms with Crippen LogP contribution in [0.25, 0.3) is 10.8 Å². The number of hydrogen-bond acceptors (Lipinski definition) is 3. The third kappa shape index (κ3) is 2.79. The Morgan fingerprint density at radius 2 is 2.32 bits per heavy atom. The van der Waals surface area contributed by atoms with Crippen LogP contribution >= 0.6 is 0 Å². The number of benzene rings is 1. The SMILES string of the molecule is O=c1[nH]ccc2ccc(NCCC3CCOC3)cc12. The molecule has 0 amide bonds. The first-order valence-corrected chi connectivity index (χ1v) is 6.76. The van der Waals surface area contributed by atoms with Crippen LogP contribution < -0.4 is 10.9 Å². The van der Waals surface area contributed by atoms with Gasteiger partial charge in [0.25, 0.3) is 5.56 Å². The van der Waals surface area contributed by atoms with Crippen LogP contribution in [-0.4, -0.2) is 24.7 Å². The molecule has 0 bridgehead atoms. The maximum absolute atomic E-state index is 11.7. The monoisotopic (exact) mass is 258 g/mol. The summed E-state index contributed by atoms with van der Waals surface area (Å²) in [5, 5.41) is 5.09. The van der Waals surface area contributed by atoms with Crippen molar-refractivity contribution >= 4 is 16.5 Å². The van der Waals surface area contributed by atoms with Gasteiger partial charge in [-0.3, -0.25) is 4.79 Å². The van der Waals surface area contributed by atoms with Gasteiger partial charge >= 0.3 is 0 Å². The Labute approximate surface area is 111 Å². The second-order valence-electron chi connectivity index (χ2n) is 5.05. The van der Waals surface area contributed by atoms with Crippen molar-refractivity contribution in [2.24, 2.45) is 5.92 Å². The smallest absolute Gasteiger partial charge is 0.255 e. The molecule has 1 atom stereocenters. The van der Waals surface area contributed by atoms with E-state index in [0.29, 0.717) is 5.92 Å². The van der Waals surface area contributed by atoms with E-state index in [1.807, 2.05) is 24.3 Å². The van der Waals surface area contributed by atoms with E-state index in [0.717, 1.165) is 42.6 Å². The topological polar surface area (TPSA) is 54.1 Å². The standard InChI is InChI=1S/C15H18N2O2/c18-15-14-9-13(2-1-12(14)4-7-17-15)16-6-3-11-5-8-19-10-11/h1-2,4,7,9,11,16H,3,5-6,8,10H2,(H,17,18). The number of aromatic amines is 1. The minimum atomic E-state index is -0.0367. The van der Waals surface area contributed by atoms with Crippen molar-refractivity contribution in [3.8, 4) is 0 Å². The first kappa shape index (κ1) is 12.2. The first-order chi connectivity index (χ1) is 9.33. The van der Waals surface area contributed by atoms with Gasteiger partial charge in [-0.15, -0.1) is 0 Å². The van der Waals surface area contributed by atoms with Gasteiger partial charge in [0.1, 0.15) is 0 Å². The van der Waals surface area contributed by atoms with Crippen molar-refractivity contribution in [1.82, 2.24) is 4.98 Å². The zero-order valence-electron chi connectivity index (χ0n) is 10.8. The summed E-state index contributed by atoms with van der Waals surface area (Å²) in [6.45, 7) is 2.71. The maximum Gasteiger partial charge on any atom is 0.255 e. The number of pyridine rings is 1. The number of fused-ring (bicyclic) bond motifs is 1. The highest BCUT2D eigenvalue weighted by Crippen LogP contribution is 2.18. The van der Waals surface area contributed by atoms with Gasteiger partial charge < -0.3 is 15.0 Å². The summed E-state index contributed by atoms with van der Waals surface area (Å²) < 4.78 is 5.36. The molecule has 0 saturated carbocycles. The van der Waals surface area contributed by atoms with Gasteiger partial charge in [-0.2, -0.15) is 0 Å². The van der Waals surface area contributed by atoms with Crippen molar-refractivity contribution in [3.05, 3.63) is 40.8 Å². The average molecular weight is 258 g/mol. The number of anilines is 1. The first-order valence-electron chi connectivity index (χ1n) is 6.76. The Kier molecular flexibility index (Phi) is 3.51. The van der Waals surface area contributed by atoms with Crippen LogP contribution in [0.2, 0.25) is 0 Å². The molecule has 4 nitrogen and oxygen atoms in total. The molecule has 1 aliphatic heterocycles. The molecule has 2 N–H and O–H groups in total. The van der Waals surface area contributed by atoms with Gasteiger partial charge in [0.2, 0.25) is 0 Å². The van der Waals surface area contributed by atoms with E-state index in [-0.39, 0.29) is 5.56 Å². The Morgan fingerprint density at radius 1 is 1.37 bits per heavy atom. The Balaban J connectivity index is 1.67. The second-order valence-corrected chi connectivity index (χ2v) is 5.05. The summed E-state index contributed by atoms with van der Waals surface area (Å²) in [5.41, 5.74) is 0.966. The predicted molar refractivity (Wildman–Crippen MR) is 76.6 cm³/mol. The quantitative estimate of drug-likeness (QED) is 0.885. The fourth-order valence-electron chi connectivity index (χ4n) is 2.52. The molecule has 4 heteroatoms. The van der Waals surface area contributed by atoms with Crippen LogP contribution in [-0.2, 0) is 4.74 Å². The molecule has 100 valence electrons. The Morgan fingerprint density at radius 3 is 3.16 bits per heavy atom. The second kappa shape index (κ2) is 5.45. The zero-order chi connectivity index (χ0) is 13.1. The molecular formula is C15H18N2O2. The van der Waals surface area contributed by atoms with Gasteiger partial charge in [0, 0.05) is 37.0 Å². The van der Waals surface area contributed by atoms with E-state index in [9.17, 15) is 4.79 Å². The van der Waals surface area contributed by atoms with Crippen molar-refractivity contribution < 1.29 is 4.74 Å². The van der Waals surface area contributed by atoms with Gasteiger partial charge in [0.15, 0.2) is 0 Å². The Hall–Kier alpha value is -1.81.